The first kappa shape index (κ1) is 34.8. The number of quaternary nitrogens is 1. The van der Waals surface area contributed by atoms with Crippen molar-refractivity contribution in [1.29, 1.82) is 0 Å². The maximum Gasteiger partial charge on any atom is 0.369 e. The minimum atomic E-state index is -5.66. The lowest BCUT2D eigenvalue weighted by Crippen LogP contribution is -2.52. The number of carbonyl (C=O) groups is 3. The molecule has 226 valence electrons. The molecule has 0 bridgehead atoms. The molecule has 8 N–H and O–H groups in total. The van der Waals surface area contributed by atoms with E-state index in [2.05, 4.69) is 5.32 Å². The zero-order chi connectivity index (χ0) is 30.4. The summed E-state index contributed by atoms with van der Waals surface area (Å²) < 4.78 is 22.9. The van der Waals surface area contributed by atoms with Crippen LogP contribution in [0.25, 0.3) is 0 Å². The molecular weight excluding hydrogens is 613 g/mol. The third-order valence-corrected chi connectivity index (χ3v) is 11.1. The van der Waals surface area contributed by atoms with Crippen LogP contribution in [0.3, 0.4) is 0 Å². The van der Waals surface area contributed by atoms with Crippen LogP contribution in [0.15, 0.2) is 24.3 Å². The van der Waals surface area contributed by atoms with Crippen molar-refractivity contribution in [2.24, 2.45) is 5.73 Å². The van der Waals surface area contributed by atoms with Gasteiger partial charge in [-0.3, -0.25) is 18.7 Å². The van der Waals surface area contributed by atoms with Crippen LogP contribution in [0.5, 0.6) is 0 Å². The number of carbonyl (C=O) groups excluding carboxylic acids is 3. The average molecular weight is 648 g/mol. The number of likely N-dealkylation sites (tertiary alicyclic amines) is 1. The first-order valence-corrected chi connectivity index (χ1v) is 16.6. The largest absolute Gasteiger partial charge is 0.369 e. The van der Waals surface area contributed by atoms with Gasteiger partial charge in [0.15, 0.2) is 0 Å². The summed E-state index contributed by atoms with van der Waals surface area (Å²) >= 11 is 11.8. The molecule has 1 aromatic carbocycles. The van der Waals surface area contributed by atoms with Gasteiger partial charge in [-0.1, -0.05) is 12.1 Å². The molecular formula is C22H35Cl2N4O10P2+. The highest BCUT2D eigenvalue weighted by atomic mass is 35.5. The predicted octanol–water partition coefficient (Wildman–Crippen LogP) is -0.00350. The van der Waals surface area contributed by atoms with E-state index in [4.69, 9.17) is 28.9 Å². The van der Waals surface area contributed by atoms with Crippen LogP contribution in [-0.4, -0.2) is 103 Å². The third-order valence-electron chi connectivity index (χ3n) is 6.92. The third kappa shape index (κ3) is 7.90. The molecule has 0 spiro atoms. The minimum Gasteiger partial charge on any atom is -0.367 e. The number of halogens is 2. The molecule has 1 aliphatic heterocycles. The summed E-state index contributed by atoms with van der Waals surface area (Å²) in [6.07, 6.45) is 0.545. The number of rotatable bonds is 15. The number of aliphatic hydroxyl groups is 1. The van der Waals surface area contributed by atoms with Crippen LogP contribution < -0.4 is 15.5 Å². The van der Waals surface area contributed by atoms with E-state index in [0.29, 0.717) is 30.8 Å². The molecule has 14 nitrogen and oxygen atoms in total. The highest BCUT2D eigenvalue weighted by Crippen LogP contribution is 2.68. The van der Waals surface area contributed by atoms with Gasteiger partial charge < -0.3 is 40.6 Å². The second-order valence-corrected chi connectivity index (χ2v) is 14.3. The van der Waals surface area contributed by atoms with E-state index in [1.165, 1.54) is 4.90 Å². The first-order valence-electron chi connectivity index (χ1n) is 12.3. The quantitative estimate of drug-likeness (QED) is 0.0580. The Morgan fingerprint density at radius 1 is 1.12 bits per heavy atom. The highest BCUT2D eigenvalue weighted by Gasteiger charge is 2.58. The van der Waals surface area contributed by atoms with Gasteiger partial charge in [0.1, 0.15) is 24.8 Å². The Bertz CT molecular complexity index is 1120. The normalized spacial score (nSPS) is 17.5. The SMILES string of the molecule is N[C@@H](Cc1ccc([N+](C=O)(CCCl)CCCl)cc1)C(=O)N1CCC[C@H]1C(=O)NCCC(O)(P(=O)(O)O)P(=O)(O)O. The van der Waals surface area contributed by atoms with Gasteiger partial charge in [0, 0.05) is 19.5 Å². The van der Waals surface area contributed by atoms with Gasteiger partial charge in [0.2, 0.25) is 11.8 Å². The Labute approximate surface area is 241 Å². The molecule has 0 unspecified atom stereocenters. The molecule has 0 saturated carbocycles. The van der Waals surface area contributed by atoms with Crippen molar-refractivity contribution in [3.63, 3.8) is 0 Å². The molecule has 1 aliphatic rings. The average Bonchev–Trinajstić information content (AvgIpc) is 3.37. The summed E-state index contributed by atoms with van der Waals surface area (Å²) in [6, 6.07) is 4.98. The summed E-state index contributed by atoms with van der Waals surface area (Å²) in [4.78, 5) is 75.9. The Kier molecular flexibility index (Phi) is 12.3. The topological polar surface area (TPSA) is 228 Å². The number of nitrogens with zero attached hydrogens (tertiary/aromatic N) is 2. The van der Waals surface area contributed by atoms with Crippen molar-refractivity contribution < 1.29 is 48.2 Å². The van der Waals surface area contributed by atoms with E-state index >= 15 is 0 Å². The number of alkyl halides is 2. The van der Waals surface area contributed by atoms with Crippen molar-refractivity contribution in [2.45, 2.75) is 42.9 Å². The van der Waals surface area contributed by atoms with Crippen LogP contribution in [-0.2, 0) is 29.9 Å². The van der Waals surface area contributed by atoms with Gasteiger partial charge in [-0.25, -0.2) is 9.28 Å². The molecule has 1 saturated heterocycles. The molecule has 40 heavy (non-hydrogen) atoms. The lowest BCUT2D eigenvalue weighted by molar-refractivity contribution is -0.139. The van der Waals surface area contributed by atoms with Crippen molar-refractivity contribution in [3.05, 3.63) is 29.8 Å². The smallest absolute Gasteiger partial charge is 0.367 e. The zero-order valence-electron chi connectivity index (χ0n) is 21.5. The monoisotopic (exact) mass is 647 g/mol. The molecule has 0 aromatic heterocycles. The second kappa shape index (κ2) is 14.2. The van der Waals surface area contributed by atoms with E-state index < -0.39 is 57.1 Å². The minimum absolute atomic E-state index is 0.0530. The van der Waals surface area contributed by atoms with Crippen LogP contribution in [0.2, 0.25) is 0 Å². The van der Waals surface area contributed by atoms with E-state index in [1.807, 2.05) is 0 Å². The lowest BCUT2D eigenvalue weighted by Gasteiger charge is -2.30. The van der Waals surface area contributed by atoms with E-state index in [-0.39, 0.29) is 35.6 Å². The number of hydrogen-bond donors (Lipinski definition) is 7. The van der Waals surface area contributed by atoms with Gasteiger partial charge >= 0.3 is 21.6 Å². The summed E-state index contributed by atoms with van der Waals surface area (Å²) in [5.41, 5.74) is 7.55. The van der Waals surface area contributed by atoms with Crippen LogP contribution >= 0.6 is 38.4 Å². The highest BCUT2D eigenvalue weighted by molar-refractivity contribution is 7.72. The molecule has 18 heteroatoms. The van der Waals surface area contributed by atoms with Gasteiger partial charge in [0.05, 0.1) is 17.8 Å². The van der Waals surface area contributed by atoms with Crippen molar-refractivity contribution in [2.75, 3.05) is 37.9 Å². The Hall–Kier alpha value is -1.41. The first-order chi connectivity index (χ1) is 18.6. The zero-order valence-corrected chi connectivity index (χ0v) is 24.8. The molecule has 2 rings (SSSR count). The van der Waals surface area contributed by atoms with Crippen molar-refractivity contribution >= 4 is 62.3 Å². The fraction of sp³-hybridized carbons (Fsp3) is 0.591. The molecule has 3 amide bonds. The second-order valence-electron chi connectivity index (χ2n) is 9.53. The van der Waals surface area contributed by atoms with Crippen LogP contribution in [0.4, 0.5) is 5.69 Å². The number of benzene rings is 1. The maximum absolute atomic E-state index is 13.1. The Morgan fingerprint density at radius 3 is 2.15 bits per heavy atom. The summed E-state index contributed by atoms with van der Waals surface area (Å²) in [5.74, 6) is -0.737. The summed E-state index contributed by atoms with van der Waals surface area (Å²) in [6.45, 7) is 0.266. The maximum atomic E-state index is 13.1. The lowest BCUT2D eigenvalue weighted by atomic mass is 10.0. The molecule has 0 aliphatic carbocycles. The van der Waals surface area contributed by atoms with Gasteiger partial charge in [-0.05, 0) is 37.0 Å². The number of nitrogens with one attached hydrogen (secondary N) is 1. The summed E-state index contributed by atoms with van der Waals surface area (Å²) in [7, 11) is -11.3. The van der Waals surface area contributed by atoms with Gasteiger partial charge in [0.25, 0.3) is 5.08 Å². The van der Waals surface area contributed by atoms with E-state index in [9.17, 15) is 48.2 Å². The Morgan fingerprint density at radius 2 is 1.68 bits per heavy atom. The van der Waals surface area contributed by atoms with Gasteiger partial charge in [-0.15, -0.1) is 23.2 Å². The molecule has 1 aromatic rings. The van der Waals surface area contributed by atoms with E-state index in [1.54, 1.807) is 24.3 Å². The number of amides is 3. The van der Waals surface area contributed by atoms with Crippen molar-refractivity contribution in [1.82, 2.24) is 14.7 Å². The Balaban J connectivity index is 2.05. The fourth-order valence-corrected chi connectivity index (χ4v) is 7.32. The van der Waals surface area contributed by atoms with Crippen molar-refractivity contribution in [3.8, 4) is 0 Å². The molecule has 2 atom stereocenters. The van der Waals surface area contributed by atoms with Gasteiger partial charge in [-0.2, -0.15) is 0 Å². The number of nitrogens with two attached hydrogens (primary N) is 1. The molecule has 1 fully saturated rings. The molecule has 1 heterocycles. The summed E-state index contributed by atoms with van der Waals surface area (Å²) in [5, 5.41) is 8.57. The molecule has 0 radical (unpaired) electrons. The van der Waals surface area contributed by atoms with Crippen LogP contribution in [0.1, 0.15) is 24.8 Å². The van der Waals surface area contributed by atoms with Crippen LogP contribution in [0, 0.1) is 0 Å². The number of hydrogen-bond acceptors (Lipinski definition) is 7. The van der Waals surface area contributed by atoms with E-state index in [0.717, 1.165) is 6.41 Å². The fourth-order valence-electron chi connectivity index (χ4n) is 4.56. The predicted molar refractivity (Wildman–Crippen MR) is 149 cm³/mol. The standard InChI is InChI=1S/C22H34Cl2N4O10P2/c23-8-12-28(15-29,13-9-24)17-5-3-16(4-6-17)14-18(25)21(31)27-11-1-2-19(27)20(30)26-10-7-22(32,39(33,34)35)40(36,37)38/h3-6,15,18-19,32H,1-2,7-14,25H2,(H4-,26,30,33,34,35,36,37,38)/p+1/t18-,19-/m0/s1.